The zero-order chi connectivity index (χ0) is 20.5. The Hall–Kier alpha value is -3.48. The Morgan fingerprint density at radius 3 is 2.76 bits per heavy atom. The van der Waals surface area contributed by atoms with Crippen LogP contribution in [0.15, 0.2) is 48.7 Å². The molecule has 1 saturated heterocycles. The third-order valence-electron chi connectivity index (χ3n) is 5.50. The molecule has 1 fully saturated rings. The van der Waals surface area contributed by atoms with E-state index in [4.69, 9.17) is 9.47 Å². The van der Waals surface area contributed by atoms with Gasteiger partial charge in [-0.1, -0.05) is 18.2 Å². The van der Waals surface area contributed by atoms with E-state index in [0.717, 1.165) is 16.5 Å². The van der Waals surface area contributed by atoms with Crippen LogP contribution < -0.4 is 14.8 Å². The van der Waals surface area contributed by atoms with Crippen LogP contribution in [0.3, 0.4) is 0 Å². The monoisotopic (exact) mass is 393 g/mol. The molecule has 4 rings (SSSR count). The molecule has 3 aromatic rings. The van der Waals surface area contributed by atoms with Crippen LogP contribution in [-0.2, 0) is 9.59 Å². The first-order valence-corrected chi connectivity index (χ1v) is 9.38. The summed E-state index contributed by atoms with van der Waals surface area (Å²) in [6.07, 6.45) is 1.99. The Morgan fingerprint density at radius 2 is 2.00 bits per heavy atom. The lowest BCUT2D eigenvalue weighted by Gasteiger charge is -2.27. The molecule has 0 saturated carbocycles. The van der Waals surface area contributed by atoms with Crippen LogP contribution in [0.2, 0.25) is 0 Å². The molecule has 0 aliphatic carbocycles. The summed E-state index contributed by atoms with van der Waals surface area (Å²) in [6.45, 7) is 0. The van der Waals surface area contributed by atoms with Crippen LogP contribution in [0.25, 0.3) is 10.9 Å². The maximum absolute atomic E-state index is 13.1. The number of rotatable bonds is 5. The fourth-order valence-electron chi connectivity index (χ4n) is 4.04. The number of nitrogens with one attached hydrogen (secondary N) is 2. The summed E-state index contributed by atoms with van der Waals surface area (Å²) in [7, 11) is 4.83. The highest BCUT2D eigenvalue weighted by Crippen LogP contribution is 2.44. The fourth-order valence-corrected chi connectivity index (χ4v) is 4.04. The highest BCUT2D eigenvalue weighted by molar-refractivity contribution is 5.99. The average Bonchev–Trinajstić information content (AvgIpc) is 3.31. The van der Waals surface area contributed by atoms with Crippen molar-refractivity contribution >= 4 is 28.4 Å². The number of amides is 2. The van der Waals surface area contributed by atoms with Gasteiger partial charge in [0.15, 0.2) is 11.5 Å². The van der Waals surface area contributed by atoms with Crippen molar-refractivity contribution in [3.05, 3.63) is 54.2 Å². The van der Waals surface area contributed by atoms with E-state index in [1.807, 2.05) is 42.6 Å². The van der Waals surface area contributed by atoms with Gasteiger partial charge in [0.1, 0.15) is 0 Å². The largest absolute Gasteiger partial charge is 0.493 e. The van der Waals surface area contributed by atoms with Crippen molar-refractivity contribution in [1.82, 2.24) is 9.88 Å². The number of H-pyrrole nitrogens is 1. The maximum Gasteiger partial charge on any atom is 0.230 e. The average molecular weight is 393 g/mol. The lowest BCUT2D eigenvalue weighted by atomic mass is 9.92. The number of carbonyl (C=O) groups excluding carboxylic acids is 2. The lowest BCUT2D eigenvalue weighted by molar-refractivity contribution is -0.128. The topological polar surface area (TPSA) is 83.7 Å². The summed E-state index contributed by atoms with van der Waals surface area (Å²) >= 11 is 0. The van der Waals surface area contributed by atoms with E-state index < -0.39 is 12.0 Å². The third-order valence-corrected chi connectivity index (χ3v) is 5.50. The molecule has 1 aromatic heterocycles. The number of fused-ring (bicyclic) bond motifs is 1. The van der Waals surface area contributed by atoms with E-state index in [9.17, 15) is 9.59 Å². The highest BCUT2D eigenvalue weighted by atomic mass is 16.5. The zero-order valence-electron chi connectivity index (χ0n) is 16.6. The Labute approximate surface area is 168 Å². The lowest BCUT2D eigenvalue weighted by Crippen LogP contribution is -2.30. The van der Waals surface area contributed by atoms with Crippen LogP contribution in [0.1, 0.15) is 18.0 Å². The minimum Gasteiger partial charge on any atom is -0.493 e. The summed E-state index contributed by atoms with van der Waals surface area (Å²) in [5, 5.41) is 4.03. The van der Waals surface area contributed by atoms with Gasteiger partial charge in [0.25, 0.3) is 0 Å². The molecule has 2 atom stereocenters. The van der Waals surface area contributed by atoms with E-state index >= 15 is 0 Å². The second-order valence-corrected chi connectivity index (χ2v) is 7.11. The van der Waals surface area contributed by atoms with Gasteiger partial charge in [-0.25, -0.2) is 0 Å². The van der Waals surface area contributed by atoms with Crippen molar-refractivity contribution in [3.8, 4) is 11.5 Å². The SMILES string of the molecule is COc1cccc([C@@H]2[C@H](C(=O)Nc3ccc4cc[nH]c4c3)CC(=O)N2C)c1OC. The molecule has 1 aliphatic rings. The van der Waals surface area contributed by atoms with Crippen molar-refractivity contribution in [1.29, 1.82) is 0 Å². The smallest absolute Gasteiger partial charge is 0.230 e. The van der Waals surface area contributed by atoms with Gasteiger partial charge in [0.2, 0.25) is 11.8 Å². The molecule has 0 unspecified atom stereocenters. The fraction of sp³-hybridized carbons (Fsp3) is 0.273. The number of anilines is 1. The quantitative estimate of drug-likeness (QED) is 0.696. The predicted octanol–water partition coefficient (Wildman–Crippen LogP) is 3.34. The van der Waals surface area contributed by atoms with Gasteiger partial charge in [0, 0.05) is 36.4 Å². The van der Waals surface area contributed by atoms with Crippen molar-refractivity contribution in [2.45, 2.75) is 12.5 Å². The number of nitrogens with zero attached hydrogens (tertiary/aromatic N) is 1. The first kappa shape index (κ1) is 18.9. The number of hydrogen-bond acceptors (Lipinski definition) is 4. The summed E-state index contributed by atoms with van der Waals surface area (Å²) < 4.78 is 10.9. The number of benzene rings is 2. The first-order valence-electron chi connectivity index (χ1n) is 9.38. The molecule has 0 radical (unpaired) electrons. The minimum absolute atomic E-state index is 0.0835. The Bertz CT molecular complexity index is 1070. The number of hydrogen-bond donors (Lipinski definition) is 2. The molecule has 2 amide bonds. The first-order chi connectivity index (χ1) is 14.0. The summed E-state index contributed by atoms with van der Waals surface area (Å²) in [6, 6.07) is 12.7. The molecule has 2 aromatic carbocycles. The number of aromatic nitrogens is 1. The van der Waals surface area contributed by atoms with E-state index in [-0.39, 0.29) is 18.2 Å². The van der Waals surface area contributed by atoms with Crippen LogP contribution in [0.5, 0.6) is 11.5 Å². The normalized spacial score (nSPS) is 18.9. The van der Waals surface area contributed by atoms with E-state index in [0.29, 0.717) is 17.2 Å². The Balaban J connectivity index is 1.66. The number of para-hydroxylation sites is 1. The second-order valence-electron chi connectivity index (χ2n) is 7.11. The van der Waals surface area contributed by atoms with Crippen LogP contribution in [-0.4, -0.2) is 43.0 Å². The van der Waals surface area contributed by atoms with Gasteiger partial charge in [0.05, 0.1) is 26.2 Å². The Kier molecular flexibility index (Phi) is 4.88. The second kappa shape index (κ2) is 7.50. The van der Waals surface area contributed by atoms with E-state index in [2.05, 4.69) is 10.3 Å². The van der Waals surface area contributed by atoms with Crippen LogP contribution in [0.4, 0.5) is 5.69 Å². The van der Waals surface area contributed by atoms with Crippen LogP contribution in [0, 0.1) is 5.92 Å². The van der Waals surface area contributed by atoms with Crippen molar-refractivity contribution in [2.24, 2.45) is 5.92 Å². The molecule has 29 heavy (non-hydrogen) atoms. The molecule has 0 bridgehead atoms. The van der Waals surface area contributed by atoms with Crippen LogP contribution >= 0.6 is 0 Å². The highest BCUT2D eigenvalue weighted by Gasteiger charge is 2.44. The predicted molar refractivity (Wildman–Crippen MR) is 110 cm³/mol. The zero-order valence-corrected chi connectivity index (χ0v) is 16.6. The molecule has 150 valence electrons. The van der Waals surface area contributed by atoms with Crippen molar-refractivity contribution in [3.63, 3.8) is 0 Å². The van der Waals surface area contributed by atoms with Gasteiger partial charge >= 0.3 is 0 Å². The van der Waals surface area contributed by atoms with Gasteiger partial charge < -0.3 is 24.7 Å². The van der Waals surface area contributed by atoms with Gasteiger partial charge in [-0.3, -0.25) is 9.59 Å². The van der Waals surface area contributed by atoms with Gasteiger partial charge in [-0.2, -0.15) is 0 Å². The number of carbonyl (C=O) groups is 2. The molecule has 0 spiro atoms. The van der Waals surface area contributed by atoms with Gasteiger partial charge in [-0.15, -0.1) is 0 Å². The number of likely N-dealkylation sites (tertiary alicyclic amines) is 1. The number of ether oxygens (including phenoxy) is 2. The molecule has 1 aliphatic heterocycles. The third kappa shape index (κ3) is 3.29. The number of aromatic amines is 1. The summed E-state index contributed by atoms with van der Waals surface area (Å²) in [5.41, 5.74) is 2.37. The maximum atomic E-state index is 13.1. The molecule has 7 nitrogen and oxygen atoms in total. The molecular weight excluding hydrogens is 370 g/mol. The number of methoxy groups -OCH3 is 2. The summed E-state index contributed by atoms with van der Waals surface area (Å²) in [5.74, 6) is 0.262. The minimum atomic E-state index is -0.548. The molecule has 7 heteroatoms. The summed E-state index contributed by atoms with van der Waals surface area (Å²) in [4.78, 5) is 30.4. The Morgan fingerprint density at radius 1 is 1.17 bits per heavy atom. The molecular formula is C22H23N3O4. The van der Waals surface area contributed by atoms with E-state index in [1.54, 1.807) is 32.2 Å². The van der Waals surface area contributed by atoms with Crippen molar-refractivity contribution < 1.29 is 19.1 Å². The molecule has 2 heterocycles. The van der Waals surface area contributed by atoms with E-state index in [1.165, 1.54) is 0 Å². The van der Waals surface area contributed by atoms with Crippen molar-refractivity contribution in [2.75, 3.05) is 26.6 Å². The molecule has 2 N–H and O–H groups in total. The van der Waals surface area contributed by atoms with Gasteiger partial charge in [-0.05, 0) is 29.7 Å². The standard InChI is InChI=1S/C22H23N3O4/c1-25-19(26)12-16(20(25)15-5-4-6-18(28-2)21(15)29-3)22(27)24-14-8-7-13-9-10-23-17(13)11-14/h4-11,16,20,23H,12H2,1-3H3,(H,24,27)/t16-,20-/m1/s1.